The summed E-state index contributed by atoms with van der Waals surface area (Å²) in [5.41, 5.74) is -0.323. The van der Waals surface area contributed by atoms with Crippen molar-refractivity contribution in [1.29, 1.82) is 0 Å². The quantitative estimate of drug-likeness (QED) is 0.414. The van der Waals surface area contributed by atoms with Crippen LogP contribution in [0.1, 0.15) is 16.2 Å². The summed E-state index contributed by atoms with van der Waals surface area (Å²) in [5, 5.41) is 12.3. The molecule has 0 radical (unpaired) electrons. The highest BCUT2D eigenvalue weighted by Crippen LogP contribution is 2.31. The summed E-state index contributed by atoms with van der Waals surface area (Å²) in [6.07, 6.45) is 3.32. The predicted octanol–water partition coefficient (Wildman–Crippen LogP) is 4.55. The number of aryl methyl sites for hydroxylation is 1. The molecule has 0 saturated heterocycles. The Labute approximate surface area is 186 Å². The zero-order valence-corrected chi connectivity index (χ0v) is 17.5. The highest BCUT2D eigenvalue weighted by atomic mass is 35.5. The maximum Gasteiger partial charge on any atom is 0.487 e. The van der Waals surface area contributed by atoms with Gasteiger partial charge in [-0.15, -0.1) is 8.78 Å². The molecule has 4 aromatic rings. The van der Waals surface area contributed by atoms with Crippen molar-refractivity contribution in [3.05, 3.63) is 72.3 Å². The summed E-state index contributed by atoms with van der Waals surface area (Å²) in [6.45, 7) is -0.255. The molecule has 0 fully saturated rings. The second-order valence-corrected chi connectivity index (χ2v) is 7.34. The fourth-order valence-electron chi connectivity index (χ4n) is 3.36. The number of pyridine rings is 1. The van der Waals surface area contributed by atoms with Gasteiger partial charge < -0.3 is 19.7 Å². The molecular weight excluding hydrogens is 442 g/mol. The van der Waals surface area contributed by atoms with E-state index >= 15 is 0 Å². The molecule has 0 aliphatic heterocycles. The highest BCUT2D eigenvalue weighted by molar-refractivity contribution is 6.20. The topological polar surface area (TPSA) is 89.3 Å². The zero-order chi connectivity index (χ0) is 22.9. The molecule has 0 unspecified atom stereocenters. The highest BCUT2D eigenvalue weighted by Gasteiger charge is 2.27. The average Bonchev–Trinajstić information content (AvgIpc) is 3.09. The van der Waals surface area contributed by atoms with Crippen LogP contribution in [0.15, 0.2) is 60.9 Å². The number of alkyl halides is 3. The maximum atomic E-state index is 12.9. The van der Waals surface area contributed by atoms with Gasteiger partial charge in [0.1, 0.15) is 18.2 Å². The van der Waals surface area contributed by atoms with Crippen molar-refractivity contribution in [2.75, 3.05) is 5.32 Å². The van der Waals surface area contributed by atoms with E-state index in [1.54, 1.807) is 42.2 Å². The summed E-state index contributed by atoms with van der Waals surface area (Å²) >= 11 is 4.76. The second-order valence-electron chi connectivity index (χ2n) is 6.90. The minimum absolute atomic E-state index is 0.145. The monoisotopic (exact) mass is 458 g/mol. The number of halogens is 3. The summed E-state index contributed by atoms with van der Waals surface area (Å²) < 4.78 is 31.5. The van der Waals surface area contributed by atoms with Crippen LogP contribution in [0.5, 0.6) is 5.75 Å². The number of imidazole rings is 1. The first-order valence-electron chi connectivity index (χ1n) is 9.43. The average molecular weight is 459 g/mol. The van der Waals surface area contributed by atoms with Crippen molar-refractivity contribution in [2.45, 2.75) is 12.2 Å². The zero-order valence-electron chi connectivity index (χ0n) is 16.7. The minimum atomic E-state index is -3.82. The molecule has 0 atom stereocenters. The number of rotatable bonds is 6. The number of aromatic nitrogens is 3. The van der Waals surface area contributed by atoms with Crippen molar-refractivity contribution in [3.63, 3.8) is 0 Å². The van der Waals surface area contributed by atoms with E-state index in [9.17, 15) is 18.7 Å². The largest absolute Gasteiger partial charge is 0.487 e. The van der Waals surface area contributed by atoms with Gasteiger partial charge in [-0.1, -0.05) is 6.07 Å². The lowest BCUT2D eigenvalue weighted by Crippen LogP contribution is -2.16. The molecule has 0 spiro atoms. The first-order chi connectivity index (χ1) is 15.2. The van der Waals surface area contributed by atoms with Crippen molar-refractivity contribution in [1.82, 2.24) is 14.5 Å². The fraction of sp³-hybridized carbons (Fsp3) is 0.136. The molecule has 1 amide bonds. The Bertz CT molecular complexity index is 1270. The Morgan fingerprint density at radius 1 is 1.25 bits per heavy atom. The third kappa shape index (κ3) is 4.53. The number of fused-ring (bicyclic) bond motifs is 1. The van der Waals surface area contributed by atoms with Gasteiger partial charge in [0.2, 0.25) is 0 Å². The Hall–Kier alpha value is -3.56. The van der Waals surface area contributed by atoms with Gasteiger partial charge in [-0.2, -0.15) is 0 Å². The Balaban J connectivity index is 1.69. The number of aliphatic hydroxyl groups is 1. The SMILES string of the molecule is Cn1c(CO)nc2cc(C(=O)Nc3ccc(OC(F)(F)Cl)cc3)cc(-c3cccnc3)c21. The lowest BCUT2D eigenvalue weighted by Gasteiger charge is -2.12. The first-order valence-corrected chi connectivity index (χ1v) is 9.81. The summed E-state index contributed by atoms with van der Waals surface area (Å²) in [4.78, 5) is 21.5. The van der Waals surface area contributed by atoms with E-state index in [4.69, 9.17) is 11.6 Å². The molecule has 164 valence electrons. The van der Waals surface area contributed by atoms with E-state index in [0.717, 1.165) is 16.6 Å². The number of carbonyl (C=O) groups is 1. The van der Waals surface area contributed by atoms with E-state index in [1.165, 1.54) is 24.3 Å². The lowest BCUT2D eigenvalue weighted by atomic mass is 10.0. The smallest absolute Gasteiger partial charge is 0.420 e. The van der Waals surface area contributed by atoms with Gasteiger partial charge in [-0.25, -0.2) is 4.98 Å². The maximum absolute atomic E-state index is 12.9. The van der Waals surface area contributed by atoms with Crippen LogP contribution in [0.4, 0.5) is 14.5 Å². The lowest BCUT2D eigenvalue weighted by molar-refractivity contribution is -0.0964. The predicted molar refractivity (Wildman–Crippen MR) is 116 cm³/mol. The molecule has 32 heavy (non-hydrogen) atoms. The number of amides is 1. The molecule has 2 heterocycles. The van der Waals surface area contributed by atoms with Crippen LogP contribution in [0.2, 0.25) is 0 Å². The van der Waals surface area contributed by atoms with Crippen LogP contribution in [0.25, 0.3) is 22.2 Å². The van der Waals surface area contributed by atoms with Crippen molar-refractivity contribution in [2.24, 2.45) is 7.05 Å². The van der Waals surface area contributed by atoms with E-state index < -0.39 is 11.5 Å². The third-order valence-corrected chi connectivity index (χ3v) is 4.86. The minimum Gasteiger partial charge on any atom is -0.420 e. The molecule has 0 aliphatic carbocycles. The van der Waals surface area contributed by atoms with Crippen LogP contribution < -0.4 is 10.1 Å². The van der Waals surface area contributed by atoms with Crippen molar-refractivity contribution < 1.29 is 23.4 Å². The first kappa shape index (κ1) is 21.7. The Morgan fingerprint density at radius 2 is 2.00 bits per heavy atom. The van der Waals surface area contributed by atoms with Gasteiger partial charge in [0.25, 0.3) is 5.91 Å². The molecule has 2 aromatic heterocycles. The molecule has 0 bridgehead atoms. The number of aliphatic hydroxyl groups excluding tert-OH is 1. The van der Waals surface area contributed by atoms with Gasteiger partial charge >= 0.3 is 5.57 Å². The molecule has 2 N–H and O–H groups in total. The number of ether oxygens (including phenoxy) is 1. The Morgan fingerprint density at radius 3 is 2.62 bits per heavy atom. The van der Waals surface area contributed by atoms with Crippen LogP contribution in [-0.4, -0.2) is 31.1 Å². The van der Waals surface area contributed by atoms with Gasteiger partial charge in [0.15, 0.2) is 0 Å². The van der Waals surface area contributed by atoms with E-state index in [0.29, 0.717) is 22.6 Å². The van der Waals surface area contributed by atoms with E-state index in [-0.39, 0.29) is 12.4 Å². The molecular formula is C22H17ClF2N4O3. The van der Waals surface area contributed by atoms with Gasteiger partial charge in [-0.3, -0.25) is 9.78 Å². The molecule has 7 nitrogen and oxygen atoms in total. The fourth-order valence-corrected chi connectivity index (χ4v) is 3.45. The number of carbonyl (C=O) groups excluding carboxylic acids is 1. The molecule has 0 aliphatic rings. The number of hydrogen-bond donors (Lipinski definition) is 2. The van der Waals surface area contributed by atoms with Crippen molar-refractivity contribution in [3.8, 4) is 16.9 Å². The van der Waals surface area contributed by atoms with E-state index in [2.05, 4.69) is 20.0 Å². The number of hydrogen-bond acceptors (Lipinski definition) is 5. The van der Waals surface area contributed by atoms with Crippen molar-refractivity contribution >= 4 is 34.2 Å². The number of nitrogens with one attached hydrogen (secondary N) is 1. The molecule has 2 aromatic carbocycles. The van der Waals surface area contributed by atoms with Crippen LogP contribution in [0.3, 0.4) is 0 Å². The van der Waals surface area contributed by atoms with Crippen LogP contribution >= 0.6 is 11.6 Å². The van der Waals surface area contributed by atoms with Crippen LogP contribution in [0, 0.1) is 0 Å². The summed E-state index contributed by atoms with van der Waals surface area (Å²) in [7, 11) is 1.79. The molecule has 0 saturated carbocycles. The van der Waals surface area contributed by atoms with Crippen LogP contribution in [-0.2, 0) is 13.7 Å². The van der Waals surface area contributed by atoms with Gasteiger partial charge in [0, 0.05) is 53.4 Å². The molecule has 4 rings (SSSR count). The third-order valence-electron chi connectivity index (χ3n) is 4.78. The van der Waals surface area contributed by atoms with Gasteiger partial charge in [-0.05, 0) is 42.5 Å². The normalized spacial score (nSPS) is 11.5. The second kappa shape index (κ2) is 8.52. The number of benzene rings is 2. The Kier molecular flexibility index (Phi) is 5.77. The number of nitrogens with zero attached hydrogens (tertiary/aromatic N) is 3. The number of anilines is 1. The molecule has 10 heteroatoms. The standard InChI is InChI=1S/C22H17ClF2N4O3/c1-29-19(12-30)28-18-10-14(9-17(20(18)29)13-3-2-8-26-11-13)21(31)27-15-4-6-16(7-5-15)32-22(23,24)25/h2-11,30H,12H2,1H3,(H,27,31). The summed E-state index contributed by atoms with van der Waals surface area (Å²) in [6, 6.07) is 12.3. The van der Waals surface area contributed by atoms with E-state index in [1.807, 2.05) is 6.07 Å². The summed E-state index contributed by atoms with van der Waals surface area (Å²) in [5.74, 6) is -0.118. The van der Waals surface area contributed by atoms with Gasteiger partial charge in [0.05, 0.1) is 11.0 Å².